The maximum atomic E-state index is 5.79. The minimum Gasteiger partial charge on any atom is -0.496 e. The van der Waals surface area contributed by atoms with Crippen molar-refractivity contribution in [2.45, 2.75) is 20.1 Å². The number of hydrogen-bond donors (Lipinski definition) is 2. The third-order valence-electron chi connectivity index (χ3n) is 3.99. The highest BCUT2D eigenvalue weighted by molar-refractivity contribution is 14.0. The van der Waals surface area contributed by atoms with Crippen LogP contribution in [0.5, 0.6) is 5.75 Å². The predicted molar refractivity (Wildman–Crippen MR) is 122 cm³/mol. The molecule has 1 atom stereocenters. The first-order valence-electron chi connectivity index (χ1n) is 8.91. The molecule has 0 fully saturated rings. The molecule has 0 bridgehead atoms. The van der Waals surface area contributed by atoms with Crippen molar-refractivity contribution in [3.8, 4) is 5.75 Å². The van der Waals surface area contributed by atoms with Crippen molar-refractivity contribution in [1.29, 1.82) is 0 Å². The Hall–Kier alpha value is -1.80. The largest absolute Gasteiger partial charge is 0.496 e. The average Bonchev–Trinajstić information content (AvgIpc) is 2.69. The Morgan fingerprint density at radius 3 is 2.44 bits per heavy atom. The highest BCUT2D eigenvalue weighted by atomic mass is 127. The Balaban J connectivity index is 0.00000364. The van der Waals surface area contributed by atoms with E-state index in [4.69, 9.17) is 9.47 Å². The van der Waals surface area contributed by atoms with Crippen molar-refractivity contribution in [2.24, 2.45) is 10.9 Å². The van der Waals surface area contributed by atoms with Gasteiger partial charge in [-0.1, -0.05) is 55.5 Å². The summed E-state index contributed by atoms with van der Waals surface area (Å²) in [7, 11) is 3.46. The van der Waals surface area contributed by atoms with Crippen LogP contribution in [-0.4, -0.2) is 33.3 Å². The molecule has 0 heterocycles. The molecule has 1 unspecified atom stereocenters. The maximum Gasteiger partial charge on any atom is 0.191 e. The minimum absolute atomic E-state index is 0. The van der Waals surface area contributed by atoms with Gasteiger partial charge in [-0.15, -0.1) is 24.0 Å². The van der Waals surface area contributed by atoms with Gasteiger partial charge in [0, 0.05) is 25.7 Å². The van der Waals surface area contributed by atoms with Crippen LogP contribution in [0.3, 0.4) is 0 Å². The molecule has 5 nitrogen and oxygen atoms in total. The second-order valence-corrected chi connectivity index (χ2v) is 6.22. The lowest BCUT2D eigenvalue weighted by atomic mass is 10.2. The van der Waals surface area contributed by atoms with Crippen LogP contribution in [0.2, 0.25) is 0 Å². The van der Waals surface area contributed by atoms with E-state index in [1.54, 1.807) is 14.2 Å². The van der Waals surface area contributed by atoms with Crippen molar-refractivity contribution in [2.75, 3.05) is 27.3 Å². The molecular weight excluding hydrogens is 453 g/mol. The highest BCUT2D eigenvalue weighted by Gasteiger charge is 2.06. The molecule has 6 heteroatoms. The lowest BCUT2D eigenvalue weighted by Crippen LogP contribution is -2.39. The predicted octanol–water partition coefficient (Wildman–Crippen LogP) is 3.83. The van der Waals surface area contributed by atoms with Gasteiger partial charge in [0.2, 0.25) is 0 Å². The first-order valence-corrected chi connectivity index (χ1v) is 8.91. The fourth-order valence-electron chi connectivity index (χ4n) is 2.53. The number of hydrogen-bond acceptors (Lipinski definition) is 3. The summed E-state index contributed by atoms with van der Waals surface area (Å²) >= 11 is 0. The zero-order valence-corrected chi connectivity index (χ0v) is 18.6. The molecular formula is C21H30IN3O2. The van der Waals surface area contributed by atoms with E-state index in [2.05, 4.69) is 34.7 Å². The lowest BCUT2D eigenvalue weighted by molar-refractivity contribution is 0.0931. The summed E-state index contributed by atoms with van der Waals surface area (Å²) in [6.07, 6.45) is 0. The summed E-state index contributed by atoms with van der Waals surface area (Å²) in [5, 5.41) is 6.66. The molecule has 0 aliphatic carbocycles. The number of rotatable bonds is 9. The van der Waals surface area contributed by atoms with Gasteiger partial charge in [-0.25, -0.2) is 0 Å². The van der Waals surface area contributed by atoms with Crippen molar-refractivity contribution >= 4 is 29.9 Å². The second-order valence-electron chi connectivity index (χ2n) is 6.22. The minimum atomic E-state index is 0. The van der Waals surface area contributed by atoms with Crippen LogP contribution in [0.4, 0.5) is 0 Å². The van der Waals surface area contributed by atoms with Gasteiger partial charge in [0.05, 0.1) is 20.3 Å². The zero-order valence-electron chi connectivity index (χ0n) is 16.3. The van der Waals surface area contributed by atoms with Crippen LogP contribution in [-0.2, 0) is 17.9 Å². The maximum absolute atomic E-state index is 5.79. The molecule has 27 heavy (non-hydrogen) atoms. The molecule has 2 N–H and O–H groups in total. The normalized spacial score (nSPS) is 12.0. The SMILES string of the molecule is CN=C(NCc1ccccc1OC)NCC(C)COCc1ccccc1.I. The lowest BCUT2D eigenvalue weighted by Gasteiger charge is -2.17. The third-order valence-corrected chi connectivity index (χ3v) is 3.99. The van der Waals surface area contributed by atoms with Gasteiger partial charge in [0.1, 0.15) is 5.75 Å². The van der Waals surface area contributed by atoms with Gasteiger partial charge in [-0.3, -0.25) is 4.99 Å². The molecule has 0 aliphatic heterocycles. The highest BCUT2D eigenvalue weighted by Crippen LogP contribution is 2.16. The molecule has 2 aromatic rings. The van der Waals surface area contributed by atoms with Gasteiger partial charge in [0.15, 0.2) is 5.96 Å². The van der Waals surface area contributed by atoms with E-state index in [0.717, 1.165) is 23.8 Å². The summed E-state index contributed by atoms with van der Waals surface area (Å²) in [6.45, 7) is 4.95. The van der Waals surface area contributed by atoms with E-state index in [9.17, 15) is 0 Å². The van der Waals surface area contributed by atoms with E-state index >= 15 is 0 Å². The summed E-state index contributed by atoms with van der Waals surface area (Å²) in [6, 6.07) is 18.2. The Morgan fingerprint density at radius 2 is 1.74 bits per heavy atom. The number of methoxy groups -OCH3 is 1. The molecule has 0 aliphatic rings. The first kappa shape index (κ1) is 23.2. The van der Waals surface area contributed by atoms with Crippen molar-refractivity contribution in [3.05, 3.63) is 65.7 Å². The van der Waals surface area contributed by atoms with E-state index in [1.165, 1.54) is 5.56 Å². The van der Waals surface area contributed by atoms with Crippen LogP contribution in [0.1, 0.15) is 18.1 Å². The molecule has 0 radical (unpaired) electrons. The van der Waals surface area contributed by atoms with Gasteiger partial charge in [0.25, 0.3) is 0 Å². The molecule has 0 amide bonds. The number of ether oxygens (including phenoxy) is 2. The Bertz CT molecular complexity index is 680. The van der Waals surface area contributed by atoms with E-state index in [0.29, 0.717) is 25.7 Å². The number of nitrogens with zero attached hydrogens (tertiary/aromatic N) is 1. The third kappa shape index (κ3) is 8.62. The first-order chi connectivity index (χ1) is 12.7. The monoisotopic (exact) mass is 483 g/mol. The van der Waals surface area contributed by atoms with E-state index in [-0.39, 0.29) is 24.0 Å². The van der Waals surface area contributed by atoms with Crippen LogP contribution in [0.25, 0.3) is 0 Å². The van der Waals surface area contributed by atoms with Gasteiger partial charge >= 0.3 is 0 Å². The molecule has 0 spiro atoms. The van der Waals surface area contributed by atoms with Gasteiger partial charge in [-0.2, -0.15) is 0 Å². The van der Waals surface area contributed by atoms with Crippen LogP contribution in [0.15, 0.2) is 59.6 Å². The molecule has 0 aromatic heterocycles. The number of halogens is 1. The summed E-state index contributed by atoms with van der Waals surface area (Å²) in [4.78, 5) is 4.27. The number of para-hydroxylation sites is 1. The van der Waals surface area contributed by atoms with Crippen LogP contribution >= 0.6 is 24.0 Å². The topological polar surface area (TPSA) is 54.9 Å². The molecule has 0 saturated heterocycles. The smallest absolute Gasteiger partial charge is 0.191 e. The molecule has 2 aromatic carbocycles. The van der Waals surface area contributed by atoms with Gasteiger partial charge < -0.3 is 20.1 Å². The Morgan fingerprint density at radius 1 is 1.04 bits per heavy atom. The fraction of sp³-hybridized carbons (Fsp3) is 0.381. The molecule has 2 rings (SSSR count). The average molecular weight is 483 g/mol. The standard InChI is InChI=1S/C21H29N3O2.HI/c1-17(15-26-16-18-9-5-4-6-10-18)13-23-21(22-2)24-14-19-11-7-8-12-20(19)25-3;/h4-12,17H,13-16H2,1-3H3,(H2,22,23,24);1H. The molecule has 0 saturated carbocycles. The summed E-state index contributed by atoms with van der Waals surface area (Å²) in [5.41, 5.74) is 2.29. The van der Waals surface area contributed by atoms with Crippen molar-refractivity contribution in [3.63, 3.8) is 0 Å². The summed E-state index contributed by atoms with van der Waals surface area (Å²) < 4.78 is 11.2. The van der Waals surface area contributed by atoms with Crippen molar-refractivity contribution < 1.29 is 9.47 Å². The molecule has 148 valence electrons. The summed E-state index contributed by atoms with van der Waals surface area (Å²) in [5.74, 6) is 2.02. The number of nitrogens with one attached hydrogen (secondary N) is 2. The van der Waals surface area contributed by atoms with Crippen molar-refractivity contribution in [1.82, 2.24) is 10.6 Å². The number of guanidine groups is 1. The quantitative estimate of drug-likeness (QED) is 0.324. The fourth-order valence-corrected chi connectivity index (χ4v) is 2.53. The number of benzene rings is 2. The van der Waals surface area contributed by atoms with E-state index in [1.807, 2.05) is 42.5 Å². The van der Waals surface area contributed by atoms with Crippen LogP contribution in [0, 0.1) is 5.92 Å². The van der Waals surface area contributed by atoms with E-state index < -0.39 is 0 Å². The number of aliphatic imine (C=N–C) groups is 1. The van der Waals surface area contributed by atoms with Gasteiger partial charge in [-0.05, 0) is 17.5 Å². The Kier molecular flexibility index (Phi) is 11.5. The second kappa shape index (κ2) is 13.4. The van der Waals surface area contributed by atoms with Crippen LogP contribution < -0.4 is 15.4 Å². The Labute approximate surface area is 179 Å². The zero-order chi connectivity index (χ0) is 18.6.